The predicted molar refractivity (Wildman–Crippen MR) is 142 cm³/mol. The summed E-state index contributed by atoms with van der Waals surface area (Å²) in [5, 5.41) is 8.44. The van der Waals surface area contributed by atoms with Crippen molar-refractivity contribution in [2.75, 3.05) is 0 Å². The molecule has 6 rings (SSSR count). The summed E-state index contributed by atoms with van der Waals surface area (Å²) in [5.41, 5.74) is 15.8. The molecule has 0 fully saturated rings. The smallest absolute Gasteiger partial charge is 0.371 e. The average molecular weight is 536 g/mol. The Balaban J connectivity index is 1.36. The molecule has 0 saturated carbocycles. The minimum absolute atomic E-state index is 0.00339. The van der Waals surface area contributed by atoms with Gasteiger partial charge in [0.05, 0.1) is 11.6 Å². The molecule has 4 aliphatic carbocycles. The SMILES string of the molecule is CCC1=C2C(OS(N)(=O)=O)=CC3=C(NNC4=C3CC3=C4C(C(=O)NCc4cccnc4)CC3)C2(C)CCC1. The van der Waals surface area contributed by atoms with Gasteiger partial charge in [-0.2, -0.15) is 13.6 Å². The number of hydrogen-bond acceptors (Lipinski definition) is 7. The van der Waals surface area contributed by atoms with E-state index in [1.165, 1.54) is 11.1 Å². The van der Waals surface area contributed by atoms with Crippen LogP contribution in [-0.2, 0) is 25.8 Å². The molecule has 5 aliphatic rings. The minimum Gasteiger partial charge on any atom is -0.371 e. The molecule has 0 radical (unpaired) electrons. The Hall–Kier alpha value is -3.37. The molecular weight excluding hydrogens is 502 g/mol. The first-order chi connectivity index (χ1) is 18.2. The van der Waals surface area contributed by atoms with Crippen molar-refractivity contribution in [2.24, 2.45) is 16.5 Å². The van der Waals surface area contributed by atoms with Gasteiger partial charge in [-0.25, -0.2) is 0 Å². The molecule has 10 heteroatoms. The van der Waals surface area contributed by atoms with Crippen LogP contribution < -0.4 is 21.3 Å². The Labute approximate surface area is 223 Å². The first-order valence-corrected chi connectivity index (χ1v) is 14.7. The molecule has 0 saturated heterocycles. The summed E-state index contributed by atoms with van der Waals surface area (Å²) in [6, 6.07) is 3.80. The summed E-state index contributed by atoms with van der Waals surface area (Å²) in [6.07, 6.45) is 11.2. The van der Waals surface area contributed by atoms with Crippen LogP contribution in [0.2, 0.25) is 0 Å². The van der Waals surface area contributed by atoms with Crippen LogP contribution in [-0.4, -0.2) is 19.3 Å². The second-order valence-electron chi connectivity index (χ2n) is 10.9. The molecule has 1 aromatic rings. The van der Waals surface area contributed by atoms with Gasteiger partial charge in [-0.3, -0.25) is 9.78 Å². The quantitative estimate of drug-likeness (QED) is 0.438. The van der Waals surface area contributed by atoms with Gasteiger partial charge in [0, 0.05) is 41.2 Å². The van der Waals surface area contributed by atoms with E-state index >= 15 is 0 Å². The second-order valence-corrected chi connectivity index (χ2v) is 12.0. The Morgan fingerprint density at radius 3 is 2.89 bits per heavy atom. The van der Waals surface area contributed by atoms with Gasteiger partial charge in [0.1, 0.15) is 5.76 Å². The van der Waals surface area contributed by atoms with E-state index in [2.05, 4.69) is 35.0 Å². The number of hydrogen-bond donors (Lipinski definition) is 4. The fourth-order valence-corrected chi connectivity index (χ4v) is 7.35. The highest BCUT2D eigenvalue weighted by molar-refractivity contribution is 7.84. The van der Waals surface area contributed by atoms with Crippen molar-refractivity contribution in [3.63, 3.8) is 0 Å². The summed E-state index contributed by atoms with van der Waals surface area (Å²) in [6.45, 7) is 4.67. The maximum absolute atomic E-state index is 13.3. The summed E-state index contributed by atoms with van der Waals surface area (Å²) in [4.78, 5) is 17.4. The molecule has 9 nitrogen and oxygen atoms in total. The molecule has 0 spiro atoms. The number of pyridine rings is 1. The van der Waals surface area contributed by atoms with E-state index in [1.54, 1.807) is 12.4 Å². The zero-order valence-electron chi connectivity index (χ0n) is 21.7. The topological polar surface area (TPSA) is 135 Å². The lowest BCUT2D eigenvalue weighted by molar-refractivity contribution is -0.124. The van der Waals surface area contributed by atoms with E-state index < -0.39 is 15.7 Å². The molecular formula is C28H33N5O4S. The number of carbonyl (C=O) groups excluding carboxylic acids is 1. The Kier molecular flexibility index (Phi) is 5.99. The number of amides is 1. The van der Waals surface area contributed by atoms with Gasteiger partial charge in [0.2, 0.25) is 5.91 Å². The minimum atomic E-state index is -4.20. The number of hydrazine groups is 1. The highest BCUT2D eigenvalue weighted by Crippen LogP contribution is 2.57. The highest BCUT2D eigenvalue weighted by Gasteiger charge is 2.48. The highest BCUT2D eigenvalue weighted by atomic mass is 32.2. The molecule has 200 valence electrons. The van der Waals surface area contributed by atoms with E-state index in [0.717, 1.165) is 84.2 Å². The maximum Gasteiger partial charge on any atom is 0.380 e. The fourth-order valence-electron chi connectivity index (χ4n) is 6.97. The molecule has 1 aromatic heterocycles. The molecule has 5 N–H and O–H groups in total. The first-order valence-electron chi connectivity index (χ1n) is 13.3. The van der Waals surface area contributed by atoms with Crippen LogP contribution in [0.1, 0.15) is 64.4 Å². The van der Waals surface area contributed by atoms with Crippen LogP contribution >= 0.6 is 0 Å². The monoisotopic (exact) mass is 535 g/mol. The van der Waals surface area contributed by atoms with Crippen LogP contribution in [0.3, 0.4) is 0 Å². The number of allylic oxidation sites excluding steroid dienone is 8. The molecule has 2 heterocycles. The number of carbonyl (C=O) groups is 1. The van der Waals surface area contributed by atoms with Gasteiger partial charge in [0.15, 0.2) is 0 Å². The van der Waals surface area contributed by atoms with Gasteiger partial charge in [-0.15, -0.1) is 0 Å². The van der Waals surface area contributed by atoms with E-state index in [-0.39, 0.29) is 11.8 Å². The first kappa shape index (κ1) is 24.9. The molecule has 38 heavy (non-hydrogen) atoms. The van der Waals surface area contributed by atoms with Crippen molar-refractivity contribution in [3.05, 3.63) is 86.8 Å². The van der Waals surface area contributed by atoms with E-state index in [1.807, 2.05) is 18.2 Å². The van der Waals surface area contributed by atoms with Crippen molar-refractivity contribution in [2.45, 2.75) is 65.3 Å². The maximum atomic E-state index is 13.3. The number of fused-ring (bicyclic) bond motifs is 4. The van der Waals surface area contributed by atoms with Gasteiger partial charge < -0.3 is 20.4 Å². The van der Waals surface area contributed by atoms with E-state index in [4.69, 9.17) is 9.32 Å². The van der Waals surface area contributed by atoms with Gasteiger partial charge in [-0.1, -0.05) is 24.1 Å². The van der Waals surface area contributed by atoms with Gasteiger partial charge >= 0.3 is 10.3 Å². The van der Waals surface area contributed by atoms with Crippen molar-refractivity contribution in [3.8, 4) is 0 Å². The number of rotatable bonds is 6. The van der Waals surface area contributed by atoms with Gasteiger partial charge in [-0.05, 0) is 80.7 Å². The summed E-state index contributed by atoms with van der Waals surface area (Å²) >= 11 is 0. The van der Waals surface area contributed by atoms with Crippen LogP contribution in [0.25, 0.3) is 0 Å². The molecule has 1 amide bonds. The van der Waals surface area contributed by atoms with Crippen LogP contribution in [0, 0.1) is 11.3 Å². The third-order valence-corrected chi connectivity index (χ3v) is 9.02. The Bertz CT molecular complexity index is 1490. The van der Waals surface area contributed by atoms with Crippen molar-refractivity contribution < 1.29 is 17.4 Å². The zero-order valence-corrected chi connectivity index (χ0v) is 22.5. The normalized spacial score (nSPS) is 26.2. The molecule has 0 aromatic carbocycles. The second kappa shape index (κ2) is 9.13. The number of nitrogens with zero attached hydrogens (tertiary/aromatic N) is 1. The molecule has 2 atom stereocenters. The number of aromatic nitrogens is 1. The van der Waals surface area contributed by atoms with Gasteiger partial charge in [0.25, 0.3) is 0 Å². The van der Waals surface area contributed by atoms with Crippen molar-refractivity contribution in [1.82, 2.24) is 21.2 Å². The third kappa shape index (κ3) is 4.06. The molecule has 2 unspecified atom stereocenters. The number of nitrogens with two attached hydrogens (primary N) is 1. The van der Waals surface area contributed by atoms with Crippen molar-refractivity contribution in [1.29, 1.82) is 0 Å². The fraction of sp³-hybridized carbons (Fsp3) is 0.429. The standard InChI is InChI=1S/C28H33N5O4S/c1-3-17-7-4-10-28(2)24(17)22(37-38(29,35)36)13-21-20-12-18-8-9-19(23(18)25(20)32-33-26(21)28)27(34)31-15-16-6-5-11-30-14-16/h5-6,11,13-14,19,32-33H,3-4,7-10,12,15H2,1-2H3,(H,31,34)(H2,29,35,36). The van der Waals surface area contributed by atoms with E-state index in [0.29, 0.717) is 12.3 Å². The van der Waals surface area contributed by atoms with Crippen LogP contribution in [0.4, 0.5) is 0 Å². The molecule has 0 bridgehead atoms. The Morgan fingerprint density at radius 1 is 1.32 bits per heavy atom. The third-order valence-electron chi connectivity index (χ3n) is 8.61. The zero-order chi connectivity index (χ0) is 26.7. The molecule has 1 aliphatic heterocycles. The lowest BCUT2D eigenvalue weighted by Gasteiger charge is -2.45. The van der Waals surface area contributed by atoms with Crippen molar-refractivity contribution >= 4 is 16.2 Å². The average Bonchev–Trinajstić information content (AvgIpc) is 3.46. The lowest BCUT2D eigenvalue weighted by atomic mass is 9.64. The summed E-state index contributed by atoms with van der Waals surface area (Å²) < 4.78 is 29.6. The summed E-state index contributed by atoms with van der Waals surface area (Å²) in [5.74, 6) is 0.0769. The number of nitrogens with one attached hydrogen (secondary N) is 3. The lowest BCUT2D eigenvalue weighted by Crippen LogP contribution is -2.46. The van der Waals surface area contributed by atoms with Crippen LogP contribution in [0.5, 0.6) is 0 Å². The predicted octanol–water partition coefficient (Wildman–Crippen LogP) is 3.44. The summed E-state index contributed by atoms with van der Waals surface area (Å²) in [7, 11) is -4.20. The van der Waals surface area contributed by atoms with E-state index in [9.17, 15) is 13.2 Å². The van der Waals surface area contributed by atoms with Crippen LogP contribution in [0.15, 0.2) is 81.2 Å². The largest absolute Gasteiger partial charge is 0.380 e. The Morgan fingerprint density at radius 2 is 2.16 bits per heavy atom.